The molecule has 6 nitrogen and oxygen atoms in total. The van der Waals surface area contributed by atoms with E-state index in [9.17, 15) is 19.2 Å². The minimum atomic E-state index is -0.445. The molecule has 0 spiro atoms. The van der Waals surface area contributed by atoms with Crippen LogP contribution in [0.1, 0.15) is 57.6 Å². The van der Waals surface area contributed by atoms with Crippen molar-refractivity contribution < 1.29 is 51.1 Å². The largest absolute Gasteiger partial charge is 3.00 e. The third kappa shape index (κ3) is 8.92. The van der Waals surface area contributed by atoms with Gasteiger partial charge in [-0.1, -0.05) is 43.7 Å². The van der Waals surface area contributed by atoms with Gasteiger partial charge in [0, 0.05) is 37.6 Å². The van der Waals surface area contributed by atoms with Crippen LogP contribution in [0.5, 0.6) is 0 Å². The number of ketones is 4. The van der Waals surface area contributed by atoms with Gasteiger partial charge in [-0.3, -0.25) is 19.2 Å². The first-order valence-corrected chi connectivity index (χ1v) is 11.2. The van der Waals surface area contributed by atoms with E-state index in [-0.39, 0.29) is 43.5 Å². The SMILES string of the molecule is CC1C(=O)C(=O)C=CN1CCCCN1C=CC(=O)C(=O)C1C.Cc1ccc(C(C)C)cc1.[Cl-].[Ru+3]. The number of hydrogen-bond donors (Lipinski definition) is 0. The molecule has 2 heterocycles. The molecule has 0 saturated heterocycles. The molecule has 0 aliphatic carbocycles. The van der Waals surface area contributed by atoms with Crippen molar-refractivity contribution in [3.63, 3.8) is 0 Å². The summed E-state index contributed by atoms with van der Waals surface area (Å²) in [7, 11) is 0. The topological polar surface area (TPSA) is 74.8 Å². The van der Waals surface area contributed by atoms with Gasteiger partial charge >= 0.3 is 19.5 Å². The normalized spacial score (nSPS) is 19.5. The van der Waals surface area contributed by atoms with Crippen molar-refractivity contribution >= 4 is 23.1 Å². The van der Waals surface area contributed by atoms with Gasteiger partial charge in [-0.15, -0.1) is 0 Å². The van der Waals surface area contributed by atoms with Crippen LogP contribution in [0, 0.1) is 6.92 Å². The number of allylic oxidation sites excluding steroid dienone is 2. The van der Waals surface area contributed by atoms with E-state index < -0.39 is 23.7 Å². The van der Waals surface area contributed by atoms with Crippen LogP contribution in [-0.4, -0.2) is 58.1 Å². The standard InChI is InChI=1S/C16H20N2O4.C10H14.ClH.Ru/c1-11-15(21)13(19)5-9-17(11)7-3-4-8-18-10-6-14(20)16(22)12(18)2;1-8(2)10-6-4-9(3)5-7-10;;/h5-6,9-12H,3-4,7-8H2,1-2H3;4-8H,1-3H3;1H;/q;;;+3/p-1. The zero-order valence-corrected chi connectivity index (χ0v) is 22.9. The molecule has 0 bridgehead atoms. The zero-order chi connectivity index (χ0) is 23.8. The number of Topliss-reactive ketones (excluding diaryl/α,β-unsaturated/α-hetero) is 2. The van der Waals surface area contributed by atoms with Crippen LogP contribution in [0.4, 0.5) is 0 Å². The van der Waals surface area contributed by atoms with E-state index in [2.05, 4.69) is 45.0 Å². The molecule has 1 radical (unpaired) electrons. The molecule has 2 atom stereocenters. The summed E-state index contributed by atoms with van der Waals surface area (Å²) in [6.07, 6.45) is 7.61. The Morgan fingerprint density at radius 1 is 0.765 bits per heavy atom. The Morgan fingerprint density at radius 2 is 1.15 bits per heavy atom. The Morgan fingerprint density at radius 3 is 1.50 bits per heavy atom. The van der Waals surface area contributed by atoms with Crippen LogP contribution in [-0.2, 0) is 38.7 Å². The maximum atomic E-state index is 11.6. The fraction of sp³-hybridized carbons (Fsp3) is 0.462. The first-order chi connectivity index (χ1) is 15.1. The quantitative estimate of drug-likeness (QED) is 0.281. The van der Waals surface area contributed by atoms with Gasteiger partial charge in [0.15, 0.2) is 0 Å². The Labute approximate surface area is 222 Å². The fourth-order valence-corrected chi connectivity index (χ4v) is 3.54. The molecule has 34 heavy (non-hydrogen) atoms. The summed E-state index contributed by atoms with van der Waals surface area (Å²) >= 11 is 0. The van der Waals surface area contributed by atoms with Crippen LogP contribution in [0.25, 0.3) is 0 Å². The van der Waals surface area contributed by atoms with Crippen LogP contribution >= 0.6 is 0 Å². The predicted octanol–water partition coefficient (Wildman–Crippen LogP) is 0.599. The molecule has 0 aromatic heterocycles. The molecule has 1 aromatic rings. The average molecular weight is 575 g/mol. The molecule has 1 aromatic carbocycles. The van der Waals surface area contributed by atoms with Gasteiger partial charge in [0.05, 0.1) is 12.1 Å². The number of carbonyl (C=O) groups excluding carboxylic acids is 4. The van der Waals surface area contributed by atoms with E-state index in [4.69, 9.17) is 0 Å². The van der Waals surface area contributed by atoms with Gasteiger partial charge in [-0.05, 0) is 45.1 Å². The first-order valence-electron chi connectivity index (χ1n) is 11.2. The molecular formula is C26H34ClN2O4Ru+2. The molecule has 0 amide bonds. The van der Waals surface area contributed by atoms with E-state index in [0.29, 0.717) is 19.0 Å². The molecule has 2 aliphatic heterocycles. The molecule has 2 aliphatic rings. The monoisotopic (exact) mass is 575 g/mol. The molecule has 0 N–H and O–H groups in total. The molecule has 185 valence electrons. The van der Waals surface area contributed by atoms with Crippen LogP contribution in [0.2, 0.25) is 0 Å². The molecule has 0 fully saturated rings. The number of nitrogens with zero attached hydrogens (tertiary/aromatic N) is 2. The van der Waals surface area contributed by atoms with Gasteiger partial charge in [-0.25, -0.2) is 0 Å². The third-order valence-electron chi connectivity index (χ3n) is 5.90. The van der Waals surface area contributed by atoms with Crippen molar-refractivity contribution in [2.24, 2.45) is 0 Å². The second kappa shape index (κ2) is 15.0. The molecular weight excluding hydrogens is 541 g/mol. The Kier molecular flexibility index (Phi) is 14.1. The summed E-state index contributed by atoms with van der Waals surface area (Å²) < 4.78 is 0. The zero-order valence-electron chi connectivity index (χ0n) is 20.4. The van der Waals surface area contributed by atoms with Gasteiger partial charge in [-0.2, -0.15) is 0 Å². The maximum absolute atomic E-state index is 11.6. The van der Waals surface area contributed by atoms with Crippen molar-refractivity contribution in [1.29, 1.82) is 0 Å². The average Bonchev–Trinajstić information content (AvgIpc) is 2.77. The minimum Gasteiger partial charge on any atom is -1.00 e. The summed E-state index contributed by atoms with van der Waals surface area (Å²) in [6.45, 7) is 11.3. The Bertz CT molecular complexity index is 862. The van der Waals surface area contributed by atoms with E-state index in [1.807, 2.05) is 9.80 Å². The summed E-state index contributed by atoms with van der Waals surface area (Å²) in [5.41, 5.74) is 2.76. The van der Waals surface area contributed by atoms with Crippen LogP contribution in [0.3, 0.4) is 0 Å². The molecule has 3 rings (SSSR count). The van der Waals surface area contributed by atoms with Gasteiger partial charge in [0.1, 0.15) is 0 Å². The third-order valence-corrected chi connectivity index (χ3v) is 5.90. The second-order valence-electron chi connectivity index (χ2n) is 8.69. The molecule has 2 unspecified atom stereocenters. The van der Waals surface area contributed by atoms with Crippen molar-refractivity contribution in [2.45, 2.75) is 65.5 Å². The number of rotatable bonds is 6. The van der Waals surface area contributed by atoms with Crippen LogP contribution < -0.4 is 12.4 Å². The Hall–Kier alpha value is -2.11. The number of halogens is 1. The van der Waals surface area contributed by atoms with Crippen LogP contribution in [0.15, 0.2) is 48.8 Å². The first kappa shape index (κ1) is 31.9. The van der Waals surface area contributed by atoms with E-state index in [1.165, 1.54) is 23.3 Å². The number of hydrogen-bond acceptors (Lipinski definition) is 6. The number of benzene rings is 1. The Balaban J connectivity index is 0.000000770. The second-order valence-corrected chi connectivity index (χ2v) is 8.69. The van der Waals surface area contributed by atoms with E-state index >= 15 is 0 Å². The number of unbranched alkanes of at least 4 members (excludes halogenated alkanes) is 1. The van der Waals surface area contributed by atoms with Crippen molar-refractivity contribution in [1.82, 2.24) is 9.80 Å². The summed E-state index contributed by atoms with van der Waals surface area (Å²) in [5, 5.41) is 0. The summed E-state index contributed by atoms with van der Waals surface area (Å²) in [6, 6.07) is 7.89. The molecule has 8 heteroatoms. The van der Waals surface area contributed by atoms with E-state index in [1.54, 1.807) is 26.2 Å². The number of carbonyl (C=O) groups is 4. The maximum Gasteiger partial charge on any atom is 3.00 e. The van der Waals surface area contributed by atoms with Crippen molar-refractivity contribution in [2.75, 3.05) is 13.1 Å². The summed E-state index contributed by atoms with van der Waals surface area (Å²) in [5.74, 6) is -0.989. The fourth-order valence-electron chi connectivity index (χ4n) is 3.54. The van der Waals surface area contributed by atoms with Crippen molar-refractivity contribution in [3.8, 4) is 0 Å². The smallest absolute Gasteiger partial charge is 1.00 e. The van der Waals surface area contributed by atoms with E-state index in [0.717, 1.165) is 12.8 Å². The van der Waals surface area contributed by atoms with Gasteiger partial charge in [0.2, 0.25) is 23.1 Å². The van der Waals surface area contributed by atoms with Gasteiger partial charge in [0.25, 0.3) is 0 Å². The van der Waals surface area contributed by atoms with Crippen molar-refractivity contribution in [3.05, 3.63) is 59.9 Å². The predicted molar refractivity (Wildman–Crippen MR) is 125 cm³/mol. The minimum absolute atomic E-state index is 0. The number of aryl methyl sites for hydroxylation is 1. The van der Waals surface area contributed by atoms with Gasteiger partial charge < -0.3 is 22.2 Å². The summed E-state index contributed by atoms with van der Waals surface area (Å²) in [4.78, 5) is 49.4. The molecule has 0 saturated carbocycles.